The highest BCUT2D eigenvalue weighted by molar-refractivity contribution is 5.83. The molecule has 1 fully saturated rings. The van der Waals surface area contributed by atoms with E-state index in [4.69, 9.17) is 0 Å². The summed E-state index contributed by atoms with van der Waals surface area (Å²) < 4.78 is 1.99. The summed E-state index contributed by atoms with van der Waals surface area (Å²) in [5, 5.41) is 4.53. The molecule has 0 unspecified atom stereocenters. The van der Waals surface area contributed by atoms with Gasteiger partial charge in [0.15, 0.2) is 0 Å². The summed E-state index contributed by atoms with van der Waals surface area (Å²) in [4.78, 5) is 12.4. The van der Waals surface area contributed by atoms with E-state index < -0.39 is 0 Å². The number of carbonyl (C=O) groups is 1. The van der Waals surface area contributed by atoms with Gasteiger partial charge in [-0.3, -0.25) is 9.48 Å². The van der Waals surface area contributed by atoms with E-state index in [0.29, 0.717) is 18.1 Å². The number of rotatable bonds is 5. The molecule has 1 aromatic heterocycles. The molecule has 0 amide bonds. The molecule has 1 saturated carbocycles. The first kappa shape index (κ1) is 14.3. The van der Waals surface area contributed by atoms with Crippen LogP contribution in [0.1, 0.15) is 63.8 Å². The minimum Gasteiger partial charge on any atom is -0.299 e. The van der Waals surface area contributed by atoms with E-state index in [1.54, 1.807) is 0 Å². The highest BCUT2D eigenvalue weighted by Crippen LogP contribution is 2.24. The summed E-state index contributed by atoms with van der Waals surface area (Å²) in [6, 6.07) is 2.11. The van der Waals surface area contributed by atoms with Crippen molar-refractivity contribution in [1.82, 2.24) is 9.78 Å². The smallest absolute Gasteiger partial charge is 0.141 e. The van der Waals surface area contributed by atoms with Crippen molar-refractivity contribution in [3.8, 4) is 0 Å². The fourth-order valence-electron chi connectivity index (χ4n) is 3.03. The fourth-order valence-corrected chi connectivity index (χ4v) is 3.03. The van der Waals surface area contributed by atoms with Gasteiger partial charge in [0.25, 0.3) is 0 Å². The molecule has 1 aromatic rings. The highest BCUT2D eigenvalue weighted by atomic mass is 16.1. The Morgan fingerprint density at radius 2 is 1.95 bits per heavy atom. The third-order valence-electron chi connectivity index (χ3n) is 4.24. The Labute approximate surface area is 116 Å². The largest absolute Gasteiger partial charge is 0.299 e. The van der Waals surface area contributed by atoms with Crippen LogP contribution in [-0.2, 0) is 24.2 Å². The van der Waals surface area contributed by atoms with Gasteiger partial charge in [-0.15, -0.1) is 0 Å². The van der Waals surface area contributed by atoms with Crippen molar-refractivity contribution in [2.75, 3.05) is 0 Å². The van der Waals surface area contributed by atoms with Gasteiger partial charge in [0, 0.05) is 24.6 Å². The lowest BCUT2D eigenvalue weighted by Crippen LogP contribution is -2.18. The second-order valence-corrected chi connectivity index (χ2v) is 5.63. The van der Waals surface area contributed by atoms with Crippen LogP contribution in [0.4, 0.5) is 0 Å². The lowest BCUT2D eigenvalue weighted by atomic mass is 9.93. The average molecular weight is 262 g/mol. The van der Waals surface area contributed by atoms with Crippen molar-refractivity contribution in [2.24, 2.45) is 5.92 Å². The molecule has 0 atom stereocenters. The molecule has 1 aliphatic rings. The molecule has 3 heteroatoms. The van der Waals surface area contributed by atoms with E-state index >= 15 is 0 Å². The second kappa shape index (κ2) is 6.88. The molecular formula is C16H26N2O. The Morgan fingerprint density at radius 3 is 2.53 bits per heavy atom. The van der Waals surface area contributed by atoms with Crippen molar-refractivity contribution >= 4 is 5.78 Å². The Morgan fingerprint density at radius 1 is 1.26 bits per heavy atom. The summed E-state index contributed by atoms with van der Waals surface area (Å²) in [6.45, 7) is 5.05. The van der Waals surface area contributed by atoms with Crippen LogP contribution in [0.5, 0.6) is 0 Å². The van der Waals surface area contributed by atoms with Crippen LogP contribution in [0.25, 0.3) is 0 Å². The van der Waals surface area contributed by atoms with Crippen molar-refractivity contribution < 1.29 is 4.79 Å². The van der Waals surface area contributed by atoms with Crippen molar-refractivity contribution in [3.63, 3.8) is 0 Å². The van der Waals surface area contributed by atoms with Gasteiger partial charge in [0.1, 0.15) is 5.78 Å². The van der Waals surface area contributed by atoms with Gasteiger partial charge >= 0.3 is 0 Å². The Bertz CT molecular complexity index is 414. The molecule has 1 heterocycles. The van der Waals surface area contributed by atoms with Crippen LogP contribution < -0.4 is 0 Å². The molecule has 1 aliphatic carbocycles. The Balaban J connectivity index is 2.02. The summed E-state index contributed by atoms with van der Waals surface area (Å²) in [7, 11) is 0. The SMILES string of the molecule is CCc1cc(CC(=O)C2CCCCCC2)n(CC)n1. The van der Waals surface area contributed by atoms with Crippen LogP contribution in [0.15, 0.2) is 6.07 Å². The van der Waals surface area contributed by atoms with Crippen LogP contribution >= 0.6 is 0 Å². The molecular weight excluding hydrogens is 236 g/mol. The normalized spacial score (nSPS) is 17.4. The number of Topliss-reactive ketones (excluding diaryl/α,β-unsaturated/α-hetero) is 1. The number of aromatic nitrogens is 2. The van der Waals surface area contributed by atoms with Gasteiger partial charge in [0.05, 0.1) is 5.69 Å². The van der Waals surface area contributed by atoms with Crippen molar-refractivity contribution in [3.05, 3.63) is 17.5 Å². The lowest BCUT2D eigenvalue weighted by molar-refractivity contribution is -0.122. The van der Waals surface area contributed by atoms with E-state index in [1.807, 2.05) is 4.68 Å². The fraction of sp³-hybridized carbons (Fsp3) is 0.750. The van der Waals surface area contributed by atoms with Gasteiger partial charge in [-0.25, -0.2) is 0 Å². The van der Waals surface area contributed by atoms with Crippen LogP contribution in [0.2, 0.25) is 0 Å². The van der Waals surface area contributed by atoms with E-state index in [2.05, 4.69) is 25.0 Å². The Kier molecular flexibility index (Phi) is 5.17. The molecule has 0 saturated heterocycles. The van der Waals surface area contributed by atoms with Crippen LogP contribution in [0, 0.1) is 5.92 Å². The maximum atomic E-state index is 12.4. The number of hydrogen-bond acceptors (Lipinski definition) is 2. The van der Waals surface area contributed by atoms with Crippen molar-refractivity contribution in [1.29, 1.82) is 0 Å². The molecule has 3 nitrogen and oxygen atoms in total. The molecule has 0 N–H and O–H groups in total. The summed E-state index contributed by atoms with van der Waals surface area (Å²) in [5.74, 6) is 0.729. The molecule has 19 heavy (non-hydrogen) atoms. The molecule has 0 radical (unpaired) electrons. The highest BCUT2D eigenvalue weighted by Gasteiger charge is 2.21. The van der Waals surface area contributed by atoms with Crippen LogP contribution in [0.3, 0.4) is 0 Å². The van der Waals surface area contributed by atoms with Gasteiger partial charge in [-0.2, -0.15) is 5.10 Å². The van der Waals surface area contributed by atoms with Gasteiger partial charge in [0.2, 0.25) is 0 Å². The maximum Gasteiger partial charge on any atom is 0.141 e. The predicted octanol–water partition coefficient (Wildman–Crippen LogP) is 3.55. The summed E-state index contributed by atoms with van der Waals surface area (Å²) in [5.41, 5.74) is 2.21. The zero-order valence-corrected chi connectivity index (χ0v) is 12.3. The zero-order chi connectivity index (χ0) is 13.7. The summed E-state index contributed by atoms with van der Waals surface area (Å²) in [6.07, 6.45) is 8.77. The second-order valence-electron chi connectivity index (χ2n) is 5.63. The minimum atomic E-state index is 0.299. The van der Waals surface area contributed by atoms with Crippen molar-refractivity contribution in [2.45, 2.75) is 71.8 Å². The standard InChI is InChI=1S/C16H26N2O/c1-3-14-11-15(18(4-2)17-14)12-16(19)13-9-7-5-6-8-10-13/h11,13H,3-10,12H2,1-2H3. The number of carbonyl (C=O) groups excluding carboxylic acids is 1. The van der Waals surface area contributed by atoms with Gasteiger partial charge < -0.3 is 0 Å². The first-order valence-electron chi connectivity index (χ1n) is 7.82. The number of ketones is 1. The number of hydrogen-bond donors (Lipinski definition) is 0. The number of aryl methyl sites for hydroxylation is 2. The lowest BCUT2D eigenvalue weighted by Gasteiger charge is -2.12. The predicted molar refractivity (Wildman–Crippen MR) is 77.2 cm³/mol. The number of nitrogens with zero attached hydrogens (tertiary/aromatic N) is 2. The van der Waals surface area contributed by atoms with Gasteiger partial charge in [-0.1, -0.05) is 32.6 Å². The van der Waals surface area contributed by atoms with E-state index in [9.17, 15) is 4.79 Å². The molecule has 2 rings (SSSR count). The zero-order valence-electron chi connectivity index (χ0n) is 12.3. The van der Waals surface area contributed by atoms with E-state index in [1.165, 1.54) is 25.7 Å². The average Bonchev–Trinajstić information content (AvgIpc) is 2.64. The first-order valence-corrected chi connectivity index (χ1v) is 7.82. The van der Waals surface area contributed by atoms with Gasteiger partial charge in [-0.05, 0) is 32.3 Å². The Hall–Kier alpha value is -1.12. The van der Waals surface area contributed by atoms with E-state index in [-0.39, 0.29) is 0 Å². The molecule has 106 valence electrons. The quantitative estimate of drug-likeness (QED) is 0.761. The van der Waals surface area contributed by atoms with Crippen LogP contribution in [-0.4, -0.2) is 15.6 Å². The third kappa shape index (κ3) is 3.68. The summed E-state index contributed by atoms with van der Waals surface area (Å²) >= 11 is 0. The molecule has 0 aromatic carbocycles. The molecule has 0 spiro atoms. The van der Waals surface area contributed by atoms with E-state index in [0.717, 1.165) is 37.2 Å². The molecule has 0 bridgehead atoms. The maximum absolute atomic E-state index is 12.4. The molecule has 0 aliphatic heterocycles. The first-order chi connectivity index (χ1) is 9.24. The topological polar surface area (TPSA) is 34.9 Å². The third-order valence-corrected chi connectivity index (χ3v) is 4.24. The monoisotopic (exact) mass is 262 g/mol. The minimum absolute atomic E-state index is 0.299.